The van der Waals surface area contributed by atoms with Gasteiger partial charge in [-0.05, 0) is 23.6 Å². The fourth-order valence-electron chi connectivity index (χ4n) is 0.973. The molecule has 0 unspecified atom stereocenters. The second-order valence-corrected chi connectivity index (χ2v) is 4.54. The molecular weight excluding hydrogens is 184 g/mol. The van der Waals surface area contributed by atoms with E-state index in [1.54, 1.807) is 0 Å². The van der Waals surface area contributed by atoms with Crippen molar-refractivity contribution in [3.63, 3.8) is 0 Å². The summed E-state index contributed by atoms with van der Waals surface area (Å²) >= 11 is 0. The van der Waals surface area contributed by atoms with Gasteiger partial charge in [-0.25, -0.2) is 8.78 Å². The summed E-state index contributed by atoms with van der Waals surface area (Å²) < 4.78 is 25.4. The molecule has 0 aliphatic heterocycles. The lowest BCUT2D eigenvalue weighted by molar-refractivity contribution is 0.442. The Kier molecular flexibility index (Phi) is 3.09. The molecular formula is C11H15F2N. The zero-order chi connectivity index (χ0) is 10.8. The largest absolute Gasteiger partial charge is 0.384 e. The van der Waals surface area contributed by atoms with Crippen molar-refractivity contribution in [1.82, 2.24) is 0 Å². The Morgan fingerprint density at radius 3 is 2.29 bits per heavy atom. The van der Waals surface area contributed by atoms with Crippen LogP contribution in [0.25, 0.3) is 0 Å². The fourth-order valence-corrected chi connectivity index (χ4v) is 0.973. The van der Waals surface area contributed by atoms with Gasteiger partial charge >= 0.3 is 0 Å². The van der Waals surface area contributed by atoms with E-state index in [1.807, 2.05) is 0 Å². The van der Waals surface area contributed by atoms with Gasteiger partial charge in [-0.2, -0.15) is 0 Å². The molecule has 1 aromatic rings. The normalized spacial score (nSPS) is 11.5. The van der Waals surface area contributed by atoms with Crippen LogP contribution in [0.5, 0.6) is 0 Å². The van der Waals surface area contributed by atoms with Crippen LogP contribution in [0.3, 0.4) is 0 Å². The molecule has 1 rings (SSSR count). The Morgan fingerprint density at radius 1 is 1.14 bits per heavy atom. The monoisotopic (exact) mass is 199 g/mol. The molecule has 0 aromatic heterocycles. The quantitative estimate of drug-likeness (QED) is 0.769. The van der Waals surface area contributed by atoms with Crippen molar-refractivity contribution in [2.75, 3.05) is 11.9 Å². The number of halogens is 2. The smallest absolute Gasteiger partial charge is 0.160 e. The standard InChI is InChI=1S/C11H15F2N/c1-11(2,3)7-14-8-4-5-9(12)10(13)6-8/h4-6,14H,7H2,1-3H3. The third-order valence-electron chi connectivity index (χ3n) is 1.74. The molecule has 0 fully saturated rings. The van der Waals surface area contributed by atoms with Gasteiger partial charge in [-0.3, -0.25) is 0 Å². The predicted octanol–water partition coefficient (Wildman–Crippen LogP) is 3.42. The van der Waals surface area contributed by atoms with Crippen LogP contribution in [0.2, 0.25) is 0 Å². The number of anilines is 1. The van der Waals surface area contributed by atoms with Crippen molar-refractivity contribution in [2.24, 2.45) is 5.41 Å². The van der Waals surface area contributed by atoms with E-state index in [1.165, 1.54) is 12.1 Å². The molecule has 14 heavy (non-hydrogen) atoms. The van der Waals surface area contributed by atoms with E-state index < -0.39 is 11.6 Å². The first-order valence-electron chi connectivity index (χ1n) is 4.57. The predicted molar refractivity (Wildman–Crippen MR) is 54.3 cm³/mol. The summed E-state index contributed by atoms with van der Waals surface area (Å²) in [6.45, 7) is 6.93. The van der Waals surface area contributed by atoms with E-state index in [2.05, 4.69) is 26.1 Å². The molecule has 0 spiro atoms. The molecule has 1 N–H and O–H groups in total. The van der Waals surface area contributed by atoms with Gasteiger partial charge < -0.3 is 5.32 Å². The van der Waals surface area contributed by atoms with E-state index in [9.17, 15) is 8.78 Å². The SMILES string of the molecule is CC(C)(C)CNc1ccc(F)c(F)c1. The third kappa shape index (κ3) is 3.32. The van der Waals surface area contributed by atoms with Gasteiger partial charge in [0.2, 0.25) is 0 Å². The van der Waals surface area contributed by atoms with E-state index in [0.29, 0.717) is 5.69 Å². The van der Waals surface area contributed by atoms with Crippen molar-refractivity contribution in [3.05, 3.63) is 29.8 Å². The molecule has 0 amide bonds. The first-order valence-corrected chi connectivity index (χ1v) is 4.57. The first-order chi connectivity index (χ1) is 6.38. The highest BCUT2D eigenvalue weighted by atomic mass is 19.2. The lowest BCUT2D eigenvalue weighted by Crippen LogP contribution is -2.19. The second kappa shape index (κ2) is 3.95. The zero-order valence-corrected chi connectivity index (χ0v) is 8.70. The van der Waals surface area contributed by atoms with Crippen LogP contribution >= 0.6 is 0 Å². The molecule has 1 nitrogen and oxygen atoms in total. The van der Waals surface area contributed by atoms with Gasteiger partial charge in [0.1, 0.15) is 0 Å². The van der Waals surface area contributed by atoms with Gasteiger partial charge in [0, 0.05) is 12.2 Å². The van der Waals surface area contributed by atoms with Gasteiger partial charge in [-0.15, -0.1) is 0 Å². The molecule has 78 valence electrons. The summed E-state index contributed by atoms with van der Waals surface area (Å²) in [5, 5.41) is 3.05. The zero-order valence-electron chi connectivity index (χ0n) is 8.70. The van der Waals surface area contributed by atoms with Crippen molar-refractivity contribution in [3.8, 4) is 0 Å². The molecule has 0 radical (unpaired) electrons. The Hall–Kier alpha value is -1.12. The molecule has 0 heterocycles. The summed E-state index contributed by atoms with van der Waals surface area (Å²) in [5.41, 5.74) is 0.726. The number of hydrogen-bond donors (Lipinski definition) is 1. The molecule has 0 bridgehead atoms. The van der Waals surface area contributed by atoms with E-state index in [0.717, 1.165) is 12.6 Å². The Morgan fingerprint density at radius 2 is 1.79 bits per heavy atom. The van der Waals surface area contributed by atoms with Crippen molar-refractivity contribution >= 4 is 5.69 Å². The minimum atomic E-state index is -0.816. The Balaban J connectivity index is 2.65. The highest BCUT2D eigenvalue weighted by Crippen LogP contribution is 2.17. The van der Waals surface area contributed by atoms with Gasteiger partial charge in [0.25, 0.3) is 0 Å². The van der Waals surface area contributed by atoms with Crippen LogP contribution in [-0.2, 0) is 0 Å². The summed E-state index contributed by atoms with van der Waals surface area (Å²) in [7, 11) is 0. The van der Waals surface area contributed by atoms with Crippen molar-refractivity contribution < 1.29 is 8.78 Å². The maximum atomic E-state index is 12.8. The lowest BCUT2D eigenvalue weighted by Gasteiger charge is -2.19. The molecule has 0 saturated heterocycles. The van der Waals surface area contributed by atoms with Gasteiger partial charge in [0.05, 0.1) is 0 Å². The Labute approximate surface area is 83.1 Å². The summed E-state index contributed by atoms with van der Waals surface area (Å²) in [5.74, 6) is -1.63. The lowest BCUT2D eigenvalue weighted by atomic mass is 9.97. The second-order valence-electron chi connectivity index (χ2n) is 4.54. The minimum absolute atomic E-state index is 0.116. The number of benzene rings is 1. The van der Waals surface area contributed by atoms with E-state index in [4.69, 9.17) is 0 Å². The number of rotatable bonds is 2. The van der Waals surface area contributed by atoms with Crippen LogP contribution < -0.4 is 5.32 Å². The van der Waals surface area contributed by atoms with Gasteiger partial charge in [-0.1, -0.05) is 20.8 Å². The summed E-state index contributed by atoms with van der Waals surface area (Å²) in [6.07, 6.45) is 0. The molecule has 3 heteroatoms. The number of hydrogen-bond acceptors (Lipinski definition) is 1. The van der Waals surface area contributed by atoms with Crippen LogP contribution in [0.4, 0.5) is 14.5 Å². The topological polar surface area (TPSA) is 12.0 Å². The first kappa shape index (κ1) is 11.0. The average Bonchev–Trinajstić information content (AvgIpc) is 2.06. The summed E-state index contributed by atoms with van der Waals surface area (Å²) in [6, 6.07) is 3.82. The Bertz CT molecular complexity index is 316. The average molecular weight is 199 g/mol. The minimum Gasteiger partial charge on any atom is -0.384 e. The molecule has 1 aromatic carbocycles. The van der Waals surface area contributed by atoms with Crippen molar-refractivity contribution in [2.45, 2.75) is 20.8 Å². The van der Waals surface area contributed by atoms with Crippen LogP contribution in [0.1, 0.15) is 20.8 Å². The van der Waals surface area contributed by atoms with E-state index in [-0.39, 0.29) is 5.41 Å². The highest BCUT2D eigenvalue weighted by molar-refractivity contribution is 5.43. The van der Waals surface area contributed by atoms with E-state index >= 15 is 0 Å². The fraction of sp³-hybridized carbons (Fsp3) is 0.455. The molecule has 0 aliphatic carbocycles. The van der Waals surface area contributed by atoms with Gasteiger partial charge in [0.15, 0.2) is 11.6 Å². The molecule has 0 saturated carbocycles. The third-order valence-corrected chi connectivity index (χ3v) is 1.74. The van der Waals surface area contributed by atoms with Crippen molar-refractivity contribution in [1.29, 1.82) is 0 Å². The highest BCUT2D eigenvalue weighted by Gasteiger charge is 2.10. The molecule has 0 atom stereocenters. The maximum Gasteiger partial charge on any atom is 0.160 e. The number of nitrogens with one attached hydrogen (secondary N) is 1. The molecule has 0 aliphatic rings. The van der Waals surface area contributed by atoms with Crippen LogP contribution in [0.15, 0.2) is 18.2 Å². The van der Waals surface area contributed by atoms with Crippen LogP contribution in [0, 0.1) is 17.0 Å². The van der Waals surface area contributed by atoms with Crippen LogP contribution in [-0.4, -0.2) is 6.54 Å². The summed E-state index contributed by atoms with van der Waals surface area (Å²) in [4.78, 5) is 0. The maximum absolute atomic E-state index is 12.8.